The van der Waals surface area contributed by atoms with Crippen molar-refractivity contribution in [3.63, 3.8) is 0 Å². The Labute approximate surface area is 99.5 Å². The maximum atomic E-state index is 11.4. The Morgan fingerprint density at radius 3 is 2.88 bits per heavy atom. The van der Waals surface area contributed by atoms with E-state index >= 15 is 0 Å². The van der Waals surface area contributed by atoms with Gasteiger partial charge in [0.15, 0.2) is 0 Å². The van der Waals surface area contributed by atoms with Gasteiger partial charge in [-0.25, -0.2) is 9.67 Å². The molecule has 2 heterocycles. The van der Waals surface area contributed by atoms with Crippen LogP contribution in [0.15, 0.2) is 6.33 Å². The van der Waals surface area contributed by atoms with Crippen molar-refractivity contribution in [1.82, 2.24) is 19.7 Å². The minimum Gasteiger partial charge on any atom is -0.463 e. The van der Waals surface area contributed by atoms with Crippen LogP contribution in [0.5, 0.6) is 0 Å². The van der Waals surface area contributed by atoms with Crippen LogP contribution in [0.1, 0.15) is 12.8 Å². The van der Waals surface area contributed by atoms with Crippen LogP contribution in [0.3, 0.4) is 0 Å². The summed E-state index contributed by atoms with van der Waals surface area (Å²) < 4.78 is 6.48. The third kappa shape index (κ3) is 3.70. The Balaban J connectivity index is 1.63. The Hall–Kier alpha value is -1.63. The van der Waals surface area contributed by atoms with E-state index in [0.717, 1.165) is 19.6 Å². The van der Waals surface area contributed by atoms with Gasteiger partial charge in [0.25, 0.3) is 0 Å². The molecule has 0 amide bonds. The molecule has 0 spiro atoms. The van der Waals surface area contributed by atoms with Gasteiger partial charge in [0.1, 0.15) is 19.5 Å². The highest BCUT2D eigenvalue weighted by Gasteiger charge is 2.12. The number of carbonyl (C=O) groups is 1. The maximum Gasteiger partial charge on any atom is 0.327 e. The fourth-order valence-corrected chi connectivity index (χ4v) is 1.86. The topological polar surface area (TPSA) is 86.3 Å². The molecule has 1 aromatic heterocycles. The molecule has 94 valence electrons. The molecular weight excluding hydrogens is 222 g/mol. The summed E-state index contributed by atoms with van der Waals surface area (Å²) in [6, 6.07) is 0. The second-order valence-corrected chi connectivity index (χ2v) is 4.07. The Bertz CT molecular complexity index is 373. The summed E-state index contributed by atoms with van der Waals surface area (Å²) in [6.07, 6.45) is 3.90. The van der Waals surface area contributed by atoms with Gasteiger partial charge in [-0.15, -0.1) is 5.10 Å². The number of carbonyl (C=O) groups excluding carboxylic acids is 1. The lowest BCUT2D eigenvalue weighted by Gasteiger charge is -2.13. The Morgan fingerprint density at radius 1 is 1.47 bits per heavy atom. The third-order valence-electron chi connectivity index (χ3n) is 2.71. The number of ether oxygens (including phenoxy) is 1. The van der Waals surface area contributed by atoms with E-state index in [1.54, 1.807) is 0 Å². The standard InChI is InChI=1S/C10H17N5O2/c11-10-12-8-15(13-10)7-9(16)17-6-5-14-3-1-2-4-14/h8H,1-7H2,(H2,11,13). The highest BCUT2D eigenvalue weighted by molar-refractivity contribution is 5.69. The lowest BCUT2D eigenvalue weighted by Crippen LogP contribution is -2.26. The molecule has 1 aromatic rings. The zero-order chi connectivity index (χ0) is 12.1. The molecule has 1 aliphatic heterocycles. The minimum atomic E-state index is -0.311. The van der Waals surface area contributed by atoms with Crippen molar-refractivity contribution in [2.24, 2.45) is 0 Å². The largest absolute Gasteiger partial charge is 0.463 e. The highest BCUT2D eigenvalue weighted by atomic mass is 16.5. The smallest absolute Gasteiger partial charge is 0.327 e. The number of nitrogen functional groups attached to an aromatic ring is 1. The quantitative estimate of drug-likeness (QED) is 0.697. The predicted molar refractivity (Wildman–Crippen MR) is 61.1 cm³/mol. The molecule has 0 aromatic carbocycles. The number of aromatic nitrogens is 3. The van der Waals surface area contributed by atoms with E-state index < -0.39 is 0 Å². The summed E-state index contributed by atoms with van der Waals surface area (Å²) in [6.45, 7) is 3.52. The molecule has 0 saturated carbocycles. The second-order valence-electron chi connectivity index (χ2n) is 4.07. The normalized spacial score (nSPS) is 16.2. The highest BCUT2D eigenvalue weighted by Crippen LogP contribution is 2.06. The number of nitrogens with zero attached hydrogens (tertiary/aromatic N) is 4. The SMILES string of the molecule is Nc1ncn(CC(=O)OCCN2CCCC2)n1. The van der Waals surface area contributed by atoms with Gasteiger partial charge in [-0.2, -0.15) is 0 Å². The van der Waals surface area contributed by atoms with Crippen LogP contribution in [0.2, 0.25) is 0 Å². The first-order chi connectivity index (χ1) is 8.24. The first kappa shape index (κ1) is 11.8. The molecule has 0 atom stereocenters. The molecule has 1 aliphatic rings. The van der Waals surface area contributed by atoms with Crippen molar-refractivity contribution in [2.75, 3.05) is 32.0 Å². The predicted octanol–water partition coefficient (Wildman–Crippen LogP) is -0.501. The number of anilines is 1. The number of rotatable bonds is 5. The monoisotopic (exact) mass is 239 g/mol. The van der Waals surface area contributed by atoms with Gasteiger partial charge in [0.2, 0.25) is 5.95 Å². The van der Waals surface area contributed by atoms with E-state index in [-0.39, 0.29) is 18.5 Å². The van der Waals surface area contributed by atoms with E-state index in [2.05, 4.69) is 15.0 Å². The van der Waals surface area contributed by atoms with Gasteiger partial charge in [-0.1, -0.05) is 0 Å². The first-order valence-corrected chi connectivity index (χ1v) is 5.77. The number of hydrogen-bond donors (Lipinski definition) is 1. The zero-order valence-corrected chi connectivity index (χ0v) is 9.71. The van der Waals surface area contributed by atoms with Crippen molar-refractivity contribution in [2.45, 2.75) is 19.4 Å². The molecule has 2 rings (SSSR count). The van der Waals surface area contributed by atoms with Crippen LogP contribution in [-0.2, 0) is 16.1 Å². The van der Waals surface area contributed by atoms with Gasteiger partial charge in [0, 0.05) is 6.54 Å². The van der Waals surface area contributed by atoms with Crippen LogP contribution < -0.4 is 5.73 Å². The van der Waals surface area contributed by atoms with E-state index in [1.807, 2.05) is 0 Å². The van der Waals surface area contributed by atoms with Crippen molar-refractivity contribution in [3.05, 3.63) is 6.33 Å². The van der Waals surface area contributed by atoms with Gasteiger partial charge in [-0.05, 0) is 25.9 Å². The number of likely N-dealkylation sites (tertiary alicyclic amines) is 1. The van der Waals surface area contributed by atoms with E-state index in [1.165, 1.54) is 23.9 Å². The van der Waals surface area contributed by atoms with Crippen LogP contribution in [0.4, 0.5) is 5.95 Å². The van der Waals surface area contributed by atoms with Crippen molar-refractivity contribution in [3.8, 4) is 0 Å². The van der Waals surface area contributed by atoms with Crippen LogP contribution in [0, 0.1) is 0 Å². The minimum absolute atomic E-state index is 0.0597. The maximum absolute atomic E-state index is 11.4. The molecule has 2 N–H and O–H groups in total. The summed E-state index contributed by atoms with van der Waals surface area (Å²) in [5.74, 6) is -0.149. The van der Waals surface area contributed by atoms with Gasteiger partial charge >= 0.3 is 5.97 Å². The number of nitrogens with two attached hydrogens (primary N) is 1. The average Bonchev–Trinajstić information content (AvgIpc) is 2.90. The summed E-state index contributed by atoms with van der Waals surface area (Å²) in [4.78, 5) is 17.4. The van der Waals surface area contributed by atoms with Crippen LogP contribution in [0.25, 0.3) is 0 Å². The van der Waals surface area contributed by atoms with Crippen molar-refractivity contribution < 1.29 is 9.53 Å². The first-order valence-electron chi connectivity index (χ1n) is 5.77. The van der Waals surface area contributed by atoms with Gasteiger partial charge in [-0.3, -0.25) is 9.69 Å². The molecule has 7 nitrogen and oxygen atoms in total. The molecule has 7 heteroatoms. The van der Waals surface area contributed by atoms with Gasteiger partial charge in [0.05, 0.1) is 0 Å². The molecular formula is C10H17N5O2. The average molecular weight is 239 g/mol. The fraction of sp³-hybridized carbons (Fsp3) is 0.700. The molecule has 1 saturated heterocycles. The Kier molecular flexibility index (Phi) is 3.92. The van der Waals surface area contributed by atoms with E-state index in [9.17, 15) is 4.79 Å². The molecule has 17 heavy (non-hydrogen) atoms. The summed E-state index contributed by atoms with van der Waals surface area (Å²) in [7, 11) is 0. The molecule has 1 fully saturated rings. The number of esters is 1. The van der Waals surface area contributed by atoms with E-state index in [0.29, 0.717) is 6.61 Å². The summed E-state index contributed by atoms with van der Waals surface area (Å²) in [5.41, 5.74) is 5.34. The second kappa shape index (κ2) is 5.62. The third-order valence-corrected chi connectivity index (χ3v) is 2.71. The summed E-state index contributed by atoms with van der Waals surface area (Å²) >= 11 is 0. The van der Waals surface area contributed by atoms with Crippen molar-refractivity contribution >= 4 is 11.9 Å². The van der Waals surface area contributed by atoms with Crippen LogP contribution in [-0.4, -0.2) is 51.9 Å². The molecule has 0 bridgehead atoms. The molecule has 0 aliphatic carbocycles. The summed E-state index contributed by atoms with van der Waals surface area (Å²) in [5, 5.41) is 3.81. The van der Waals surface area contributed by atoms with E-state index in [4.69, 9.17) is 10.5 Å². The lowest BCUT2D eigenvalue weighted by molar-refractivity contribution is -0.144. The van der Waals surface area contributed by atoms with Crippen LogP contribution >= 0.6 is 0 Å². The number of hydrogen-bond acceptors (Lipinski definition) is 6. The zero-order valence-electron chi connectivity index (χ0n) is 9.71. The van der Waals surface area contributed by atoms with Gasteiger partial charge < -0.3 is 10.5 Å². The fourth-order valence-electron chi connectivity index (χ4n) is 1.86. The molecule has 0 radical (unpaired) electrons. The lowest BCUT2D eigenvalue weighted by atomic mass is 10.4. The Morgan fingerprint density at radius 2 is 2.24 bits per heavy atom. The molecule has 0 unspecified atom stereocenters. The van der Waals surface area contributed by atoms with Crippen molar-refractivity contribution in [1.29, 1.82) is 0 Å².